The Morgan fingerprint density at radius 2 is 1.73 bits per heavy atom. The Bertz CT molecular complexity index is 1060. The molecule has 0 saturated carbocycles. The van der Waals surface area contributed by atoms with Gasteiger partial charge in [0, 0.05) is 30.4 Å². The average molecular weight is 340 g/mol. The molecule has 4 nitrogen and oxygen atoms in total. The molecule has 4 rings (SSSR count). The molecule has 2 heterocycles. The SMILES string of the molecule is CCc1cccc(-c2ccc3nc(-c4cccnc4)nc(NC)c3c2)c1. The van der Waals surface area contributed by atoms with Gasteiger partial charge in [0.1, 0.15) is 5.82 Å². The van der Waals surface area contributed by atoms with E-state index in [1.807, 2.05) is 19.2 Å². The molecule has 0 spiro atoms. The fraction of sp³-hybridized carbons (Fsp3) is 0.136. The molecule has 1 N–H and O–H groups in total. The maximum absolute atomic E-state index is 4.73. The summed E-state index contributed by atoms with van der Waals surface area (Å²) in [6.45, 7) is 2.17. The number of anilines is 1. The highest BCUT2D eigenvalue weighted by Gasteiger charge is 2.10. The van der Waals surface area contributed by atoms with E-state index in [1.165, 1.54) is 16.7 Å². The number of fused-ring (bicyclic) bond motifs is 1. The summed E-state index contributed by atoms with van der Waals surface area (Å²) in [5, 5.41) is 4.22. The lowest BCUT2D eigenvalue weighted by Gasteiger charge is -2.10. The molecule has 4 heteroatoms. The number of aryl methyl sites for hydroxylation is 1. The van der Waals surface area contributed by atoms with E-state index in [4.69, 9.17) is 9.97 Å². The van der Waals surface area contributed by atoms with Crippen LogP contribution in [0.25, 0.3) is 33.4 Å². The van der Waals surface area contributed by atoms with Gasteiger partial charge < -0.3 is 5.32 Å². The number of nitrogens with zero attached hydrogens (tertiary/aromatic N) is 3. The van der Waals surface area contributed by atoms with Crippen molar-refractivity contribution in [3.63, 3.8) is 0 Å². The first-order valence-corrected chi connectivity index (χ1v) is 8.77. The van der Waals surface area contributed by atoms with E-state index in [9.17, 15) is 0 Å². The van der Waals surface area contributed by atoms with Gasteiger partial charge >= 0.3 is 0 Å². The molecule has 4 aromatic rings. The van der Waals surface area contributed by atoms with E-state index < -0.39 is 0 Å². The smallest absolute Gasteiger partial charge is 0.163 e. The van der Waals surface area contributed by atoms with Gasteiger partial charge in [0.25, 0.3) is 0 Å². The zero-order valence-electron chi connectivity index (χ0n) is 14.9. The summed E-state index contributed by atoms with van der Waals surface area (Å²) in [4.78, 5) is 13.6. The van der Waals surface area contributed by atoms with Crippen LogP contribution < -0.4 is 5.32 Å². The Morgan fingerprint density at radius 3 is 2.50 bits per heavy atom. The quantitative estimate of drug-likeness (QED) is 0.570. The van der Waals surface area contributed by atoms with Gasteiger partial charge in [0.05, 0.1) is 5.52 Å². The molecule has 26 heavy (non-hydrogen) atoms. The van der Waals surface area contributed by atoms with Gasteiger partial charge in [0.2, 0.25) is 0 Å². The van der Waals surface area contributed by atoms with Crippen LogP contribution in [0.4, 0.5) is 5.82 Å². The Balaban J connectivity index is 1.86. The summed E-state index contributed by atoms with van der Waals surface area (Å²) in [5.41, 5.74) is 5.54. The van der Waals surface area contributed by atoms with Crippen LogP contribution in [-0.2, 0) is 6.42 Å². The molecule has 0 radical (unpaired) electrons. The van der Waals surface area contributed by atoms with Crippen LogP contribution in [0.1, 0.15) is 12.5 Å². The monoisotopic (exact) mass is 340 g/mol. The van der Waals surface area contributed by atoms with Gasteiger partial charge in [-0.05, 0) is 47.4 Å². The van der Waals surface area contributed by atoms with Crippen molar-refractivity contribution in [1.82, 2.24) is 15.0 Å². The summed E-state index contributed by atoms with van der Waals surface area (Å²) >= 11 is 0. The maximum atomic E-state index is 4.73. The molecule has 0 unspecified atom stereocenters. The van der Waals surface area contributed by atoms with Crippen LogP contribution in [0.2, 0.25) is 0 Å². The molecule has 0 bridgehead atoms. The second kappa shape index (κ2) is 6.92. The highest BCUT2D eigenvalue weighted by molar-refractivity contribution is 5.93. The molecular weight excluding hydrogens is 320 g/mol. The lowest BCUT2D eigenvalue weighted by atomic mass is 10.0. The highest BCUT2D eigenvalue weighted by Crippen LogP contribution is 2.29. The van der Waals surface area contributed by atoms with E-state index in [0.29, 0.717) is 5.82 Å². The number of rotatable bonds is 4. The number of nitrogens with one attached hydrogen (secondary N) is 1. The normalized spacial score (nSPS) is 10.8. The number of pyridine rings is 1. The van der Waals surface area contributed by atoms with E-state index in [1.54, 1.807) is 12.4 Å². The Labute approximate surface area is 153 Å². The Hall–Kier alpha value is -3.27. The van der Waals surface area contributed by atoms with Crippen LogP contribution in [0.15, 0.2) is 67.0 Å². The van der Waals surface area contributed by atoms with Crippen LogP contribution in [0.3, 0.4) is 0 Å². The van der Waals surface area contributed by atoms with Crippen molar-refractivity contribution in [2.24, 2.45) is 0 Å². The van der Waals surface area contributed by atoms with E-state index in [-0.39, 0.29) is 0 Å². The van der Waals surface area contributed by atoms with Crippen molar-refractivity contribution in [1.29, 1.82) is 0 Å². The molecular formula is C22H20N4. The van der Waals surface area contributed by atoms with Crippen LogP contribution >= 0.6 is 0 Å². The molecule has 0 aliphatic heterocycles. The molecule has 0 saturated heterocycles. The first-order valence-electron chi connectivity index (χ1n) is 8.77. The van der Waals surface area contributed by atoms with Crippen molar-refractivity contribution in [2.45, 2.75) is 13.3 Å². The fourth-order valence-corrected chi connectivity index (χ4v) is 3.09. The topological polar surface area (TPSA) is 50.7 Å². The summed E-state index contributed by atoms with van der Waals surface area (Å²) in [7, 11) is 1.89. The molecule has 0 fully saturated rings. The van der Waals surface area contributed by atoms with Gasteiger partial charge in [-0.15, -0.1) is 0 Å². The number of aromatic nitrogens is 3. The van der Waals surface area contributed by atoms with Gasteiger partial charge in [-0.3, -0.25) is 4.98 Å². The number of hydrogen-bond donors (Lipinski definition) is 1. The summed E-state index contributed by atoms with van der Waals surface area (Å²) < 4.78 is 0. The first-order chi connectivity index (χ1) is 12.8. The van der Waals surface area contributed by atoms with Crippen molar-refractivity contribution >= 4 is 16.7 Å². The lowest BCUT2D eigenvalue weighted by molar-refractivity contribution is 1.14. The third kappa shape index (κ3) is 3.02. The standard InChI is InChI=1S/C22H20N4/c1-3-15-6-4-7-16(12-15)17-9-10-20-19(13-17)22(23-2)26-21(25-20)18-8-5-11-24-14-18/h4-14H,3H2,1-2H3,(H,23,25,26). The zero-order valence-corrected chi connectivity index (χ0v) is 14.9. The zero-order chi connectivity index (χ0) is 17.9. The average Bonchev–Trinajstić information content (AvgIpc) is 2.73. The van der Waals surface area contributed by atoms with Crippen molar-refractivity contribution < 1.29 is 0 Å². The second-order valence-corrected chi connectivity index (χ2v) is 6.17. The fourth-order valence-electron chi connectivity index (χ4n) is 3.09. The highest BCUT2D eigenvalue weighted by atomic mass is 15.0. The van der Waals surface area contributed by atoms with Crippen molar-refractivity contribution in [3.05, 3.63) is 72.6 Å². The third-order valence-electron chi connectivity index (χ3n) is 4.52. The lowest BCUT2D eigenvalue weighted by Crippen LogP contribution is -1.99. The Kier molecular flexibility index (Phi) is 4.32. The van der Waals surface area contributed by atoms with E-state index >= 15 is 0 Å². The van der Waals surface area contributed by atoms with Gasteiger partial charge in [0.15, 0.2) is 5.82 Å². The molecule has 2 aromatic carbocycles. The summed E-state index contributed by atoms with van der Waals surface area (Å²) in [5.74, 6) is 1.50. The van der Waals surface area contributed by atoms with Gasteiger partial charge in [-0.1, -0.05) is 37.3 Å². The second-order valence-electron chi connectivity index (χ2n) is 6.17. The molecule has 0 amide bonds. The minimum absolute atomic E-state index is 0.677. The Morgan fingerprint density at radius 1 is 0.885 bits per heavy atom. The minimum Gasteiger partial charge on any atom is -0.373 e. The molecule has 0 atom stereocenters. The first kappa shape index (κ1) is 16.2. The van der Waals surface area contributed by atoms with Crippen molar-refractivity contribution in [3.8, 4) is 22.5 Å². The number of hydrogen-bond acceptors (Lipinski definition) is 4. The van der Waals surface area contributed by atoms with Crippen LogP contribution in [0.5, 0.6) is 0 Å². The van der Waals surface area contributed by atoms with Gasteiger partial charge in [-0.25, -0.2) is 9.97 Å². The third-order valence-corrected chi connectivity index (χ3v) is 4.52. The predicted octanol–water partition coefficient (Wildman–Crippen LogP) is 4.96. The van der Waals surface area contributed by atoms with E-state index in [2.05, 4.69) is 59.7 Å². The van der Waals surface area contributed by atoms with E-state index in [0.717, 1.165) is 28.7 Å². The summed E-state index contributed by atoms with van der Waals surface area (Å²) in [6, 6.07) is 18.9. The number of benzene rings is 2. The van der Waals surface area contributed by atoms with Gasteiger partial charge in [-0.2, -0.15) is 0 Å². The maximum Gasteiger partial charge on any atom is 0.163 e. The van der Waals surface area contributed by atoms with Crippen LogP contribution in [-0.4, -0.2) is 22.0 Å². The van der Waals surface area contributed by atoms with Crippen molar-refractivity contribution in [2.75, 3.05) is 12.4 Å². The summed E-state index contributed by atoms with van der Waals surface area (Å²) in [6.07, 6.45) is 4.56. The molecule has 0 aliphatic rings. The molecule has 128 valence electrons. The molecule has 2 aromatic heterocycles. The van der Waals surface area contributed by atoms with Crippen LogP contribution in [0, 0.1) is 0 Å². The molecule has 0 aliphatic carbocycles. The minimum atomic E-state index is 0.677. The largest absolute Gasteiger partial charge is 0.373 e. The predicted molar refractivity (Wildman–Crippen MR) is 107 cm³/mol.